The SMILES string of the molecule is CCNC(=NCC(c1cccc(OC)c1)N1CCCC1)NCCn1cccc1.I. The standard InChI is InChI=1S/C22H33N5O.HI/c1-3-23-22(24-11-16-26-12-4-5-13-26)25-18-21(27-14-6-7-15-27)19-9-8-10-20(17-19)28-2;/h4-5,8-10,12-13,17,21H,3,6-7,11,14-16,18H2,1-2H3,(H2,23,24,25);1H. The van der Waals surface area contributed by atoms with Gasteiger partial charge in [-0.1, -0.05) is 12.1 Å². The average Bonchev–Trinajstić information content (AvgIpc) is 3.43. The molecule has 1 aromatic carbocycles. The van der Waals surface area contributed by atoms with Gasteiger partial charge in [0.15, 0.2) is 5.96 Å². The Morgan fingerprint density at radius 2 is 1.90 bits per heavy atom. The van der Waals surface area contributed by atoms with Crippen LogP contribution in [0.3, 0.4) is 0 Å². The number of hydrogen-bond donors (Lipinski definition) is 2. The molecule has 0 aliphatic carbocycles. The van der Waals surface area contributed by atoms with E-state index in [1.54, 1.807) is 7.11 Å². The van der Waals surface area contributed by atoms with Crippen LogP contribution >= 0.6 is 24.0 Å². The summed E-state index contributed by atoms with van der Waals surface area (Å²) in [6.45, 7) is 7.71. The van der Waals surface area contributed by atoms with Gasteiger partial charge in [0.2, 0.25) is 0 Å². The van der Waals surface area contributed by atoms with E-state index in [4.69, 9.17) is 9.73 Å². The van der Waals surface area contributed by atoms with Gasteiger partial charge in [-0.05, 0) is 62.7 Å². The van der Waals surface area contributed by atoms with Crippen LogP contribution in [0.1, 0.15) is 31.4 Å². The predicted molar refractivity (Wildman–Crippen MR) is 130 cm³/mol. The summed E-state index contributed by atoms with van der Waals surface area (Å²) >= 11 is 0. The highest BCUT2D eigenvalue weighted by Gasteiger charge is 2.23. The molecule has 1 atom stereocenters. The van der Waals surface area contributed by atoms with Crippen molar-refractivity contribution >= 4 is 29.9 Å². The molecule has 0 spiro atoms. The minimum absolute atomic E-state index is 0. The van der Waals surface area contributed by atoms with Crippen LogP contribution in [0, 0.1) is 0 Å². The molecule has 2 aromatic rings. The number of ether oxygens (including phenoxy) is 1. The van der Waals surface area contributed by atoms with Crippen molar-refractivity contribution in [1.82, 2.24) is 20.1 Å². The van der Waals surface area contributed by atoms with E-state index >= 15 is 0 Å². The smallest absolute Gasteiger partial charge is 0.191 e. The first-order valence-electron chi connectivity index (χ1n) is 10.3. The lowest BCUT2D eigenvalue weighted by molar-refractivity contribution is 0.251. The molecule has 160 valence electrons. The van der Waals surface area contributed by atoms with Crippen LogP contribution in [0.2, 0.25) is 0 Å². The van der Waals surface area contributed by atoms with Crippen LogP contribution in [0.4, 0.5) is 0 Å². The number of benzene rings is 1. The van der Waals surface area contributed by atoms with Crippen molar-refractivity contribution in [2.24, 2.45) is 4.99 Å². The van der Waals surface area contributed by atoms with Gasteiger partial charge in [0.1, 0.15) is 5.75 Å². The van der Waals surface area contributed by atoms with E-state index in [0.717, 1.165) is 51.0 Å². The maximum atomic E-state index is 5.44. The maximum absolute atomic E-state index is 5.44. The summed E-state index contributed by atoms with van der Waals surface area (Å²) in [6, 6.07) is 12.8. The number of hydrogen-bond acceptors (Lipinski definition) is 3. The molecule has 1 aromatic heterocycles. The lowest BCUT2D eigenvalue weighted by Gasteiger charge is -2.27. The minimum Gasteiger partial charge on any atom is -0.497 e. The van der Waals surface area contributed by atoms with Crippen LogP contribution < -0.4 is 15.4 Å². The first-order chi connectivity index (χ1) is 13.8. The van der Waals surface area contributed by atoms with Gasteiger partial charge in [0.05, 0.1) is 19.7 Å². The van der Waals surface area contributed by atoms with E-state index in [9.17, 15) is 0 Å². The Balaban J connectivity index is 0.00000300. The molecule has 0 saturated carbocycles. The number of aliphatic imine (C=N–C) groups is 1. The Kier molecular flexibility index (Phi) is 10.3. The van der Waals surface area contributed by atoms with Crippen molar-refractivity contribution in [2.45, 2.75) is 32.4 Å². The summed E-state index contributed by atoms with van der Waals surface area (Å²) in [4.78, 5) is 7.46. The zero-order chi connectivity index (χ0) is 19.6. The Hall–Kier alpha value is -1.74. The van der Waals surface area contributed by atoms with Crippen LogP contribution in [0.5, 0.6) is 5.75 Å². The molecule has 2 N–H and O–H groups in total. The Bertz CT molecular complexity index is 729. The number of nitrogens with zero attached hydrogens (tertiary/aromatic N) is 3. The van der Waals surface area contributed by atoms with Gasteiger partial charge in [-0.2, -0.15) is 0 Å². The molecule has 1 saturated heterocycles. The van der Waals surface area contributed by atoms with Crippen molar-refractivity contribution in [3.63, 3.8) is 0 Å². The number of guanidine groups is 1. The Morgan fingerprint density at radius 3 is 2.59 bits per heavy atom. The van der Waals surface area contributed by atoms with Gasteiger partial charge in [0.25, 0.3) is 0 Å². The fraction of sp³-hybridized carbons (Fsp3) is 0.500. The summed E-state index contributed by atoms with van der Waals surface area (Å²) in [6.07, 6.45) is 6.69. The molecule has 6 nitrogen and oxygen atoms in total. The zero-order valence-corrected chi connectivity index (χ0v) is 19.8. The van der Waals surface area contributed by atoms with E-state index in [2.05, 4.69) is 57.6 Å². The average molecular weight is 511 g/mol. The summed E-state index contributed by atoms with van der Waals surface area (Å²) in [7, 11) is 1.72. The van der Waals surface area contributed by atoms with Gasteiger partial charge in [0, 0.05) is 32.0 Å². The fourth-order valence-corrected chi connectivity index (χ4v) is 3.68. The number of methoxy groups -OCH3 is 1. The minimum atomic E-state index is 0. The zero-order valence-electron chi connectivity index (χ0n) is 17.5. The quantitative estimate of drug-likeness (QED) is 0.308. The molecule has 1 aliphatic heterocycles. The fourth-order valence-electron chi connectivity index (χ4n) is 3.68. The third-order valence-electron chi connectivity index (χ3n) is 5.16. The summed E-state index contributed by atoms with van der Waals surface area (Å²) in [5, 5.41) is 6.82. The Labute approximate surface area is 191 Å². The van der Waals surface area contributed by atoms with E-state index in [1.165, 1.54) is 18.4 Å². The van der Waals surface area contributed by atoms with Crippen molar-refractivity contribution < 1.29 is 4.74 Å². The van der Waals surface area contributed by atoms with Gasteiger partial charge in [-0.3, -0.25) is 9.89 Å². The Morgan fingerprint density at radius 1 is 1.14 bits per heavy atom. The van der Waals surface area contributed by atoms with Crippen LogP contribution in [-0.2, 0) is 6.54 Å². The third-order valence-corrected chi connectivity index (χ3v) is 5.16. The first kappa shape index (κ1) is 23.5. The molecule has 0 amide bonds. The molecule has 1 aliphatic rings. The van der Waals surface area contributed by atoms with E-state index in [0.29, 0.717) is 0 Å². The largest absolute Gasteiger partial charge is 0.497 e. The number of nitrogens with one attached hydrogen (secondary N) is 2. The number of rotatable bonds is 9. The number of likely N-dealkylation sites (tertiary alicyclic amines) is 1. The summed E-state index contributed by atoms with van der Waals surface area (Å²) < 4.78 is 7.61. The van der Waals surface area contributed by atoms with Gasteiger partial charge < -0.3 is 19.9 Å². The van der Waals surface area contributed by atoms with Crippen LogP contribution in [-0.4, -0.2) is 55.3 Å². The predicted octanol–water partition coefficient (Wildman–Crippen LogP) is 3.51. The summed E-state index contributed by atoms with van der Waals surface area (Å²) in [5.41, 5.74) is 1.27. The molecule has 1 fully saturated rings. The second-order valence-electron chi connectivity index (χ2n) is 7.10. The van der Waals surface area contributed by atoms with Crippen LogP contribution in [0.25, 0.3) is 0 Å². The number of halogens is 1. The van der Waals surface area contributed by atoms with E-state index < -0.39 is 0 Å². The van der Waals surface area contributed by atoms with Crippen molar-refractivity contribution in [3.05, 3.63) is 54.4 Å². The maximum Gasteiger partial charge on any atom is 0.191 e. The molecule has 1 unspecified atom stereocenters. The molecular weight excluding hydrogens is 477 g/mol. The lowest BCUT2D eigenvalue weighted by Crippen LogP contribution is -2.39. The normalized spacial score (nSPS) is 15.6. The molecular formula is C22H34IN5O. The molecule has 29 heavy (non-hydrogen) atoms. The molecule has 0 bridgehead atoms. The third kappa shape index (κ3) is 7.22. The molecule has 2 heterocycles. The highest BCUT2D eigenvalue weighted by Crippen LogP contribution is 2.27. The second-order valence-corrected chi connectivity index (χ2v) is 7.10. The topological polar surface area (TPSA) is 53.8 Å². The van der Waals surface area contributed by atoms with Crippen molar-refractivity contribution in [1.29, 1.82) is 0 Å². The monoisotopic (exact) mass is 511 g/mol. The molecule has 0 radical (unpaired) electrons. The van der Waals surface area contributed by atoms with E-state index in [1.807, 2.05) is 18.2 Å². The van der Waals surface area contributed by atoms with E-state index in [-0.39, 0.29) is 30.0 Å². The van der Waals surface area contributed by atoms with Crippen molar-refractivity contribution in [2.75, 3.05) is 39.8 Å². The van der Waals surface area contributed by atoms with Crippen LogP contribution in [0.15, 0.2) is 53.8 Å². The summed E-state index contributed by atoms with van der Waals surface area (Å²) in [5.74, 6) is 1.78. The van der Waals surface area contributed by atoms with Gasteiger partial charge >= 0.3 is 0 Å². The number of aromatic nitrogens is 1. The van der Waals surface area contributed by atoms with Crippen molar-refractivity contribution in [3.8, 4) is 5.75 Å². The highest BCUT2D eigenvalue weighted by atomic mass is 127. The lowest BCUT2D eigenvalue weighted by atomic mass is 10.1. The highest BCUT2D eigenvalue weighted by molar-refractivity contribution is 14.0. The molecule has 7 heteroatoms. The first-order valence-corrected chi connectivity index (χ1v) is 10.3. The van der Waals surface area contributed by atoms with Gasteiger partial charge in [-0.15, -0.1) is 24.0 Å². The molecule has 3 rings (SSSR count). The van der Waals surface area contributed by atoms with Gasteiger partial charge in [-0.25, -0.2) is 0 Å². The second kappa shape index (κ2) is 12.7.